The van der Waals surface area contributed by atoms with Crippen LogP contribution in [0.15, 0.2) is 24.3 Å². The molecule has 0 saturated heterocycles. The third-order valence-corrected chi connectivity index (χ3v) is 4.12. The van der Waals surface area contributed by atoms with Crippen molar-refractivity contribution in [3.63, 3.8) is 0 Å². The van der Waals surface area contributed by atoms with Crippen LogP contribution >= 0.6 is 11.6 Å². The highest BCUT2D eigenvalue weighted by Crippen LogP contribution is 2.17. The summed E-state index contributed by atoms with van der Waals surface area (Å²) in [6.45, 7) is 2.59. The number of hydrogen-bond acceptors (Lipinski definition) is 2. The van der Waals surface area contributed by atoms with Crippen LogP contribution in [0.3, 0.4) is 0 Å². The molecule has 2 rings (SSSR count). The topological polar surface area (TPSA) is 41.1 Å². The zero-order valence-corrected chi connectivity index (χ0v) is 12.7. The van der Waals surface area contributed by atoms with Crippen molar-refractivity contribution in [2.75, 3.05) is 0 Å². The fourth-order valence-electron chi connectivity index (χ4n) is 2.54. The second-order valence-electron chi connectivity index (χ2n) is 5.57. The molecule has 1 atom stereocenters. The summed E-state index contributed by atoms with van der Waals surface area (Å²) in [6.07, 6.45) is 6.01. The van der Waals surface area contributed by atoms with E-state index in [4.69, 9.17) is 11.6 Å². The van der Waals surface area contributed by atoms with E-state index in [1.807, 2.05) is 31.2 Å². The molecular weight excluding hydrogens is 272 g/mol. The van der Waals surface area contributed by atoms with E-state index in [1.165, 1.54) is 19.3 Å². The molecular formula is C16H23ClN2O. The number of nitrogens with one attached hydrogen (secondary N) is 2. The van der Waals surface area contributed by atoms with E-state index in [2.05, 4.69) is 10.6 Å². The molecule has 20 heavy (non-hydrogen) atoms. The average Bonchev–Trinajstić information content (AvgIpc) is 2.47. The van der Waals surface area contributed by atoms with Gasteiger partial charge < -0.3 is 10.6 Å². The first-order chi connectivity index (χ1) is 9.65. The van der Waals surface area contributed by atoms with Gasteiger partial charge in [-0.05, 0) is 37.5 Å². The predicted octanol–water partition coefficient (Wildman–Crippen LogP) is 3.27. The van der Waals surface area contributed by atoms with Crippen molar-refractivity contribution in [1.82, 2.24) is 10.6 Å². The minimum atomic E-state index is -0.174. The number of hydrogen-bond donors (Lipinski definition) is 2. The second-order valence-corrected chi connectivity index (χ2v) is 6.01. The Balaban J connectivity index is 1.74. The van der Waals surface area contributed by atoms with E-state index in [1.54, 1.807) is 0 Å². The van der Waals surface area contributed by atoms with Crippen LogP contribution in [-0.4, -0.2) is 18.0 Å². The zero-order valence-electron chi connectivity index (χ0n) is 12.0. The van der Waals surface area contributed by atoms with E-state index in [0.717, 1.165) is 23.4 Å². The number of benzene rings is 1. The van der Waals surface area contributed by atoms with Crippen molar-refractivity contribution < 1.29 is 4.79 Å². The maximum absolute atomic E-state index is 12.1. The van der Waals surface area contributed by atoms with Gasteiger partial charge >= 0.3 is 0 Å². The highest BCUT2D eigenvalue weighted by atomic mass is 35.5. The lowest BCUT2D eigenvalue weighted by atomic mass is 9.95. The summed E-state index contributed by atoms with van der Waals surface area (Å²) < 4.78 is 0. The Kier molecular flexibility index (Phi) is 5.86. The molecule has 0 spiro atoms. The van der Waals surface area contributed by atoms with Gasteiger partial charge in [0.2, 0.25) is 5.91 Å². The molecule has 0 heterocycles. The molecule has 2 N–H and O–H groups in total. The van der Waals surface area contributed by atoms with Gasteiger partial charge in [-0.25, -0.2) is 0 Å². The van der Waals surface area contributed by atoms with Crippen molar-refractivity contribution in [2.24, 2.45) is 0 Å². The minimum absolute atomic E-state index is 0.103. The second kappa shape index (κ2) is 7.65. The number of amides is 1. The summed E-state index contributed by atoms with van der Waals surface area (Å²) in [4.78, 5) is 12.1. The number of rotatable bonds is 5. The Labute approximate surface area is 126 Å². The van der Waals surface area contributed by atoms with Gasteiger partial charge in [0.05, 0.1) is 6.04 Å². The Bertz CT molecular complexity index is 427. The molecule has 0 bridgehead atoms. The minimum Gasteiger partial charge on any atom is -0.352 e. The number of halogens is 1. The van der Waals surface area contributed by atoms with Crippen molar-refractivity contribution >= 4 is 17.5 Å². The van der Waals surface area contributed by atoms with Gasteiger partial charge in [0.25, 0.3) is 0 Å². The molecule has 1 aromatic rings. The molecule has 0 radical (unpaired) electrons. The Hall–Kier alpha value is -1.06. The fourth-order valence-corrected chi connectivity index (χ4v) is 2.66. The molecule has 0 aliphatic heterocycles. The molecule has 3 nitrogen and oxygen atoms in total. The fraction of sp³-hybridized carbons (Fsp3) is 0.562. The smallest absolute Gasteiger partial charge is 0.237 e. The van der Waals surface area contributed by atoms with Crippen LogP contribution in [0.5, 0.6) is 0 Å². The van der Waals surface area contributed by atoms with E-state index >= 15 is 0 Å². The molecule has 1 fully saturated rings. The van der Waals surface area contributed by atoms with E-state index < -0.39 is 0 Å². The van der Waals surface area contributed by atoms with Crippen LogP contribution in [0.1, 0.15) is 44.6 Å². The maximum atomic E-state index is 12.1. The van der Waals surface area contributed by atoms with Gasteiger partial charge in [0, 0.05) is 17.6 Å². The third-order valence-electron chi connectivity index (χ3n) is 3.87. The lowest BCUT2D eigenvalue weighted by Crippen LogP contribution is -2.46. The lowest BCUT2D eigenvalue weighted by molar-refractivity contribution is -0.123. The highest BCUT2D eigenvalue weighted by molar-refractivity contribution is 6.30. The van der Waals surface area contributed by atoms with E-state index in [-0.39, 0.29) is 11.9 Å². The largest absolute Gasteiger partial charge is 0.352 e. The maximum Gasteiger partial charge on any atom is 0.237 e. The summed E-state index contributed by atoms with van der Waals surface area (Å²) in [5.74, 6) is 0.103. The standard InChI is InChI=1S/C16H23ClN2O/c1-12(16(20)19-15-5-3-2-4-6-15)18-11-13-7-9-14(17)10-8-13/h7-10,12,15,18H,2-6,11H2,1H3,(H,19,20). The zero-order chi connectivity index (χ0) is 14.4. The van der Waals surface area contributed by atoms with Gasteiger partial charge in [0.15, 0.2) is 0 Å². The van der Waals surface area contributed by atoms with Crippen LogP contribution in [-0.2, 0) is 11.3 Å². The van der Waals surface area contributed by atoms with Crippen LogP contribution in [0, 0.1) is 0 Å². The molecule has 110 valence electrons. The Morgan fingerprint density at radius 1 is 1.25 bits per heavy atom. The summed E-state index contributed by atoms with van der Waals surface area (Å²) in [6, 6.07) is 7.88. The molecule has 1 saturated carbocycles. The summed E-state index contributed by atoms with van der Waals surface area (Å²) in [7, 11) is 0. The Morgan fingerprint density at radius 2 is 1.90 bits per heavy atom. The van der Waals surface area contributed by atoms with Gasteiger partial charge in [0.1, 0.15) is 0 Å². The molecule has 1 aliphatic rings. The van der Waals surface area contributed by atoms with Crippen LogP contribution in [0.25, 0.3) is 0 Å². The predicted molar refractivity (Wildman–Crippen MR) is 82.8 cm³/mol. The van der Waals surface area contributed by atoms with Gasteiger partial charge in [-0.15, -0.1) is 0 Å². The van der Waals surface area contributed by atoms with Crippen LogP contribution in [0.4, 0.5) is 0 Å². The van der Waals surface area contributed by atoms with Crippen molar-refractivity contribution in [1.29, 1.82) is 0 Å². The van der Waals surface area contributed by atoms with Crippen molar-refractivity contribution in [3.05, 3.63) is 34.9 Å². The van der Waals surface area contributed by atoms with E-state index in [0.29, 0.717) is 12.6 Å². The van der Waals surface area contributed by atoms with Crippen molar-refractivity contribution in [2.45, 2.75) is 57.7 Å². The van der Waals surface area contributed by atoms with E-state index in [9.17, 15) is 4.79 Å². The molecule has 1 unspecified atom stereocenters. The van der Waals surface area contributed by atoms with Crippen molar-refractivity contribution in [3.8, 4) is 0 Å². The number of carbonyl (C=O) groups is 1. The van der Waals surface area contributed by atoms with Crippen LogP contribution < -0.4 is 10.6 Å². The molecule has 1 aromatic carbocycles. The molecule has 1 amide bonds. The number of carbonyl (C=O) groups excluding carboxylic acids is 1. The van der Waals surface area contributed by atoms with Gasteiger partial charge in [-0.1, -0.05) is 43.0 Å². The normalized spacial score (nSPS) is 17.7. The monoisotopic (exact) mass is 294 g/mol. The van der Waals surface area contributed by atoms with Crippen LogP contribution in [0.2, 0.25) is 5.02 Å². The molecule has 4 heteroatoms. The average molecular weight is 295 g/mol. The molecule has 0 aromatic heterocycles. The SMILES string of the molecule is CC(NCc1ccc(Cl)cc1)C(=O)NC1CCCCC1. The first-order valence-electron chi connectivity index (χ1n) is 7.43. The lowest BCUT2D eigenvalue weighted by Gasteiger charge is -2.24. The quantitative estimate of drug-likeness (QED) is 0.875. The van der Waals surface area contributed by atoms with Gasteiger partial charge in [-0.3, -0.25) is 4.79 Å². The highest BCUT2D eigenvalue weighted by Gasteiger charge is 2.19. The summed E-state index contributed by atoms with van der Waals surface area (Å²) in [5, 5.41) is 7.13. The first-order valence-corrected chi connectivity index (χ1v) is 7.81. The first kappa shape index (κ1) is 15.3. The third kappa shape index (κ3) is 4.80. The summed E-state index contributed by atoms with van der Waals surface area (Å²) in [5.41, 5.74) is 1.13. The Morgan fingerprint density at radius 3 is 2.55 bits per heavy atom. The molecule has 1 aliphatic carbocycles. The summed E-state index contributed by atoms with van der Waals surface area (Å²) >= 11 is 5.85. The van der Waals surface area contributed by atoms with Gasteiger partial charge in [-0.2, -0.15) is 0 Å².